The van der Waals surface area contributed by atoms with E-state index in [2.05, 4.69) is 108 Å². The number of hydrogen-bond acceptors (Lipinski definition) is 0. The molecule has 1 aromatic carbocycles. The summed E-state index contributed by atoms with van der Waals surface area (Å²) in [7, 11) is -1.57. The van der Waals surface area contributed by atoms with E-state index < -0.39 is 8.07 Å². The molecule has 0 nitrogen and oxygen atoms in total. The average molecular weight is 619 g/mol. The van der Waals surface area contributed by atoms with Crippen LogP contribution >= 0.6 is 0 Å². The molecule has 4 aliphatic carbocycles. The Bertz CT molecular complexity index is 1070. The van der Waals surface area contributed by atoms with Crippen LogP contribution in [-0.4, -0.2) is 8.07 Å². The smallest absolute Gasteiger partial charge is 0.0577 e. The third kappa shape index (κ3) is 6.21. The van der Waals surface area contributed by atoms with Gasteiger partial charge in [-0.3, -0.25) is 0 Å². The summed E-state index contributed by atoms with van der Waals surface area (Å²) in [6.07, 6.45) is 13.3. The second kappa shape index (κ2) is 12.8. The number of benzene rings is 1. The quantitative estimate of drug-likeness (QED) is 0.201. The van der Waals surface area contributed by atoms with Gasteiger partial charge in [-0.15, -0.1) is 0 Å². The molecule has 0 N–H and O–H groups in total. The van der Waals surface area contributed by atoms with Crippen LogP contribution in [0.3, 0.4) is 0 Å². The number of hydrogen-bond donors (Lipinski definition) is 0. The first-order chi connectivity index (χ1) is 20.5. The lowest BCUT2D eigenvalue weighted by Gasteiger charge is -2.51. The summed E-state index contributed by atoms with van der Waals surface area (Å²) >= 11 is 0. The van der Waals surface area contributed by atoms with Crippen molar-refractivity contribution in [1.29, 1.82) is 0 Å². The van der Waals surface area contributed by atoms with Gasteiger partial charge in [-0.25, -0.2) is 0 Å². The van der Waals surface area contributed by atoms with E-state index in [0.29, 0.717) is 0 Å². The zero-order valence-corrected chi connectivity index (χ0v) is 32.7. The summed E-state index contributed by atoms with van der Waals surface area (Å²) in [5.41, 5.74) is 7.32. The van der Waals surface area contributed by atoms with Crippen LogP contribution in [0.2, 0.25) is 23.7 Å². The molecule has 0 saturated heterocycles. The van der Waals surface area contributed by atoms with Crippen LogP contribution in [0.25, 0.3) is 0 Å². The Morgan fingerprint density at radius 2 is 1.25 bits per heavy atom. The lowest BCUT2D eigenvalue weighted by Crippen LogP contribution is -2.49. The van der Waals surface area contributed by atoms with E-state index in [-0.39, 0.29) is 10.8 Å². The average Bonchev–Trinajstić information content (AvgIpc) is 3.59. The molecule has 4 saturated carbocycles. The second-order valence-corrected chi connectivity index (χ2v) is 24.7. The van der Waals surface area contributed by atoms with Crippen molar-refractivity contribution in [3.63, 3.8) is 0 Å². The Balaban J connectivity index is 1.59. The highest BCUT2D eigenvalue weighted by molar-refractivity contribution is 6.81. The van der Waals surface area contributed by atoms with Crippen molar-refractivity contribution >= 4 is 8.07 Å². The fourth-order valence-electron chi connectivity index (χ4n) is 12.8. The molecule has 1 heteroatoms. The monoisotopic (exact) mass is 619 g/mol. The van der Waals surface area contributed by atoms with E-state index in [1.54, 1.807) is 29.2 Å². The largest absolute Gasteiger partial charge is 0.0687 e. The number of fused-ring (bicyclic) bond motifs is 2. The van der Waals surface area contributed by atoms with Gasteiger partial charge in [0.1, 0.15) is 0 Å². The summed E-state index contributed by atoms with van der Waals surface area (Å²) in [5.74, 6) is 9.06. The fraction of sp³-hybridized carbons (Fsp3) is 0.860. The van der Waals surface area contributed by atoms with E-state index in [0.717, 1.165) is 70.3 Å². The van der Waals surface area contributed by atoms with Crippen LogP contribution in [0.5, 0.6) is 0 Å². The van der Waals surface area contributed by atoms with Gasteiger partial charge >= 0.3 is 0 Å². The van der Waals surface area contributed by atoms with Crippen LogP contribution in [0, 0.1) is 53.3 Å². The number of unbranched alkanes of at least 4 members (excludes halogenated alkanes) is 3. The standard InChI is InChI=1S/C43H74Si/c1-14-15-16-17-21-44(13,41-30(5)28(3)29(4)31(41)6)40-27(2)22-37-38(40)25-32-19-18-20-36(32)39(37)33-23-34(42(7,8)9)26-35(24-33)43(10,11)12/h23-24,26-32,36-41H,14-22,25H2,1-13H3. The van der Waals surface area contributed by atoms with Gasteiger partial charge in [0.25, 0.3) is 0 Å². The van der Waals surface area contributed by atoms with E-state index in [9.17, 15) is 0 Å². The molecular weight excluding hydrogens is 545 g/mol. The SMILES string of the molecule is CCCCCC[Si](C)(C1C(C)C(C)C(C)C1C)C1C(C)CC2C1CC1CCCC1C2c1cc(C(C)(C)C)cc(C(C)(C)C)c1. The molecule has 250 valence electrons. The van der Waals surface area contributed by atoms with Crippen molar-refractivity contribution < 1.29 is 0 Å². The zero-order chi connectivity index (χ0) is 32.4. The van der Waals surface area contributed by atoms with Crippen LogP contribution < -0.4 is 0 Å². The lowest BCUT2D eigenvalue weighted by molar-refractivity contribution is 0.120. The van der Waals surface area contributed by atoms with Crippen molar-refractivity contribution in [1.82, 2.24) is 0 Å². The Hall–Kier alpha value is -0.563. The summed E-state index contributed by atoms with van der Waals surface area (Å²) < 4.78 is 0. The Morgan fingerprint density at radius 3 is 1.80 bits per heavy atom. The van der Waals surface area contributed by atoms with Gasteiger partial charge in [-0.05, 0) is 117 Å². The number of rotatable bonds is 8. The first-order valence-electron chi connectivity index (χ1n) is 19.7. The molecule has 12 atom stereocenters. The zero-order valence-electron chi connectivity index (χ0n) is 31.7. The van der Waals surface area contributed by atoms with E-state index in [1.165, 1.54) is 51.4 Å². The third-order valence-corrected chi connectivity index (χ3v) is 21.8. The molecule has 0 bridgehead atoms. The highest BCUT2D eigenvalue weighted by Gasteiger charge is 2.62. The van der Waals surface area contributed by atoms with E-state index in [4.69, 9.17) is 0 Å². The normalized spacial score (nSPS) is 40.6. The Morgan fingerprint density at radius 1 is 0.659 bits per heavy atom. The second-order valence-electron chi connectivity index (χ2n) is 19.8. The molecule has 0 radical (unpaired) electrons. The maximum atomic E-state index is 3.00. The van der Waals surface area contributed by atoms with Gasteiger partial charge in [-0.2, -0.15) is 0 Å². The minimum atomic E-state index is -1.57. The minimum absolute atomic E-state index is 0.191. The molecule has 5 rings (SSSR count). The molecule has 0 aliphatic heterocycles. The summed E-state index contributed by atoms with van der Waals surface area (Å²) in [6, 6.07) is 9.63. The van der Waals surface area contributed by atoms with Crippen LogP contribution in [0.1, 0.15) is 163 Å². The highest BCUT2D eigenvalue weighted by Crippen LogP contribution is 2.69. The van der Waals surface area contributed by atoms with Gasteiger partial charge in [0.2, 0.25) is 0 Å². The first kappa shape index (κ1) is 34.8. The fourth-order valence-corrected chi connectivity index (χ4v) is 20.7. The molecule has 1 aromatic rings. The molecular formula is C43H74Si. The maximum absolute atomic E-state index is 3.00. The van der Waals surface area contributed by atoms with Crippen LogP contribution in [0.15, 0.2) is 18.2 Å². The molecule has 44 heavy (non-hydrogen) atoms. The molecule has 12 unspecified atom stereocenters. The molecule has 0 spiro atoms. The van der Waals surface area contributed by atoms with Gasteiger partial charge in [0.15, 0.2) is 0 Å². The van der Waals surface area contributed by atoms with Crippen LogP contribution in [-0.2, 0) is 10.8 Å². The predicted octanol–water partition coefficient (Wildman–Crippen LogP) is 13.4. The topological polar surface area (TPSA) is 0 Å². The van der Waals surface area contributed by atoms with Crippen molar-refractivity contribution in [3.05, 3.63) is 34.9 Å². The molecule has 0 aromatic heterocycles. The van der Waals surface area contributed by atoms with Gasteiger partial charge in [0.05, 0.1) is 8.07 Å². The lowest BCUT2D eigenvalue weighted by atomic mass is 9.61. The Kier molecular flexibility index (Phi) is 10.1. The summed E-state index contributed by atoms with van der Waals surface area (Å²) in [6.45, 7) is 33.4. The Labute approximate surface area is 276 Å². The first-order valence-corrected chi connectivity index (χ1v) is 22.5. The molecule has 0 amide bonds. The van der Waals surface area contributed by atoms with Gasteiger partial charge < -0.3 is 0 Å². The molecule has 4 fully saturated rings. The van der Waals surface area contributed by atoms with E-state index >= 15 is 0 Å². The van der Waals surface area contributed by atoms with Gasteiger partial charge in [0, 0.05) is 0 Å². The van der Waals surface area contributed by atoms with Gasteiger partial charge in [-0.1, -0.05) is 152 Å². The minimum Gasteiger partial charge on any atom is -0.0687 e. The summed E-state index contributed by atoms with van der Waals surface area (Å²) in [4.78, 5) is 0. The van der Waals surface area contributed by atoms with E-state index in [1.807, 2.05) is 0 Å². The van der Waals surface area contributed by atoms with Crippen molar-refractivity contribution in [2.75, 3.05) is 0 Å². The highest BCUT2D eigenvalue weighted by atomic mass is 28.3. The molecule has 0 heterocycles. The van der Waals surface area contributed by atoms with Crippen LogP contribution in [0.4, 0.5) is 0 Å². The third-order valence-electron chi connectivity index (χ3n) is 15.3. The van der Waals surface area contributed by atoms with Crippen molar-refractivity contribution in [2.24, 2.45) is 53.3 Å². The van der Waals surface area contributed by atoms with Crippen molar-refractivity contribution in [3.8, 4) is 0 Å². The maximum Gasteiger partial charge on any atom is 0.0577 e. The summed E-state index contributed by atoms with van der Waals surface area (Å²) in [5, 5.41) is 0. The molecule has 4 aliphatic rings. The van der Waals surface area contributed by atoms with Crippen molar-refractivity contribution in [2.45, 2.75) is 181 Å². The predicted molar refractivity (Wildman–Crippen MR) is 198 cm³/mol.